The van der Waals surface area contributed by atoms with E-state index in [2.05, 4.69) is 5.32 Å². The molecule has 106 valence electrons. The van der Waals surface area contributed by atoms with Crippen LogP contribution in [0.2, 0.25) is 0 Å². The van der Waals surface area contributed by atoms with Gasteiger partial charge in [0.05, 0.1) is 21.3 Å². The predicted octanol–water partition coefficient (Wildman–Crippen LogP) is 1.40. The number of benzene rings is 1. The molecule has 0 bridgehead atoms. The van der Waals surface area contributed by atoms with Crippen LogP contribution in [0.4, 0.5) is 0 Å². The van der Waals surface area contributed by atoms with Crippen LogP contribution in [0.1, 0.15) is 12.5 Å². The van der Waals surface area contributed by atoms with Crippen molar-refractivity contribution in [3.05, 3.63) is 23.8 Å². The number of ether oxygens (including phenoxy) is 3. The minimum Gasteiger partial charge on any atom is -0.493 e. The fourth-order valence-electron chi connectivity index (χ4n) is 1.89. The standard InChI is InChI=1S/C14H21NO4/c1-14(15-2,13(16)19-5)9-10-6-7-11(17-3)12(8-10)18-4/h6-8,15H,9H2,1-5H3. The molecular formula is C14H21NO4. The first-order valence-corrected chi connectivity index (χ1v) is 5.99. The Morgan fingerprint density at radius 2 is 1.84 bits per heavy atom. The van der Waals surface area contributed by atoms with Gasteiger partial charge < -0.3 is 19.5 Å². The number of methoxy groups -OCH3 is 3. The molecule has 0 saturated heterocycles. The molecule has 0 amide bonds. The Morgan fingerprint density at radius 1 is 1.21 bits per heavy atom. The molecule has 1 rings (SSSR count). The summed E-state index contributed by atoms with van der Waals surface area (Å²) in [4.78, 5) is 11.8. The SMILES string of the molecule is CNC(C)(Cc1ccc(OC)c(OC)c1)C(=O)OC. The highest BCUT2D eigenvalue weighted by atomic mass is 16.5. The third-order valence-electron chi connectivity index (χ3n) is 3.19. The lowest BCUT2D eigenvalue weighted by molar-refractivity contribution is -0.147. The zero-order valence-electron chi connectivity index (χ0n) is 12.1. The Labute approximate surface area is 113 Å². The van der Waals surface area contributed by atoms with Gasteiger partial charge in [-0.05, 0) is 31.7 Å². The molecule has 0 spiro atoms. The Balaban J connectivity index is 3.01. The van der Waals surface area contributed by atoms with Crippen LogP contribution >= 0.6 is 0 Å². The van der Waals surface area contributed by atoms with Crippen molar-refractivity contribution in [2.45, 2.75) is 18.9 Å². The molecule has 0 saturated carbocycles. The largest absolute Gasteiger partial charge is 0.493 e. The lowest BCUT2D eigenvalue weighted by Crippen LogP contribution is -2.50. The van der Waals surface area contributed by atoms with Crippen molar-refractivity contribution in [2.24, 2.45) is 0 Å². The van der Waals surface area contributed by atoms with Crippen molar-refractivity contribution < 1.29 is 19.0 Å². The fourth-order valence-corrected chi connectivity index (χ4v) is 1.89. The average molecular weight is 267 g/mol. The molecule has 1 aromatic carbocycles. The van der Waals surface area contributed by atoms with E-state index in [1.165, 1.54) is 7.11 Å². The summed E-state index contributed by atoms with van der Waals surface area (Å²) in [5.41, 5.74) is 0.189. The minimum absolute atomic E-state index is 0.301. The molecule has 19 heavy (non-hydrogen) atoms. The molecule has 1 aromatic rings. The van der Waals surface area contributed by atoms with Gasteiger partial charge in [0.25, 0.3) is 0 Å². The van der Waals surface area contributed by atoms with Crippen LogP contribution < -0.4 is 14.8 Å². The number of likely N-dealkylation sites (N-methyl/N-ethyl adjacent to an activating group) is 1. The molecule has 0 aliphatic carbocycles. The van der Waals surface area contributed by atoms with Gasteiger partial charge >= 0.3 is 5.97 Å². The predicted molar refractivity (Wildman–Crippen MR) is 72.7 cm³/mol. The third-order valence-corrected chi connectivity index (χ3v) is 3.19. The highest BCUT2D eigenvalue weighted by Gasteiger charge is 2.32. The van der Waals surface area contributed by atoms with Gasteiger partial charge in [-0.1, -0.05) is 6.07 Å². The minimum atomic E-state index is -0.769. The van der Waals surface area contributed by atoms with Crippen LogP contribution in [-0.2, 0) is 16.0 Å². The van der Waals surface area contributed by atoms with E-state index in [4.69, 9.17) is 14.2 Å². The summed E-state index contributed by atoms with van der Waals surface area (Å²) in [6.07, 6.45) is 0.497. The molecule has 0 aliphatic rings. The molecule has 0 radical (unpaired) electrons. The van der Waals surface area contributed by atoms with Crippen LogP contribution in [0.15, 0.2) is 18.2 Å². The van der Waals surface area contributed by atoms with Crippen LogP contribution in [0.3, 0.4) is 0 Å². The first-order chi connectivity index (χ1) is 9.00. The summed E-state index contributed by atoms with van der Waals surface area (Å²) < 4.78 is 15.3. The van der Waals surface area contributed by atoms with E-state index in [1.54, 1.807) is 28.2 Å². The van der Waals surface area contributed by atoms with Crippen molar-refractivity contribution in [3.8, 4) is 11.5 Å². The van der Waals surface area contributed by atoms with E-state index in [1.807, 2.05) is 18.2 Å². The maximum absolute atomic E-state index is 11.8. The molecule has 5 nitrogen and oxygen atoms in total. The molecule has 1 N–H and O–H groups in total. The Kier molecular flexibility index (Phi) is 5.18. The summed E-state index contributed by atoms with van der Waals surface area (Å²) in [6.45, 7) is 1.80. The van der Waals surface area contributed by atoms with E-state index in [0.29, 0.717) is 17.9 Å². The molecule has 1 atom stereocenters. The smallest absolute Gasteiger partial charge is 0.326 e. The van der Waals surface area contributed by atoms with Crippen LogP contribution in [-0.4, -0.2) is 39.9 Å². The van der Waals surface area contributed by atoms with Crippen LogP contribution in [0, 0.1) is 0 Å². The number of hydrogen-bond donors (Lipinski definition) is 1. The zero-order valence-corrected chi connectivity index (χ0v) is 12.1. The second kappa shape index (κ2) is 6.43. The molecule has 0 fully saturated rings. The maximum atomic E-state index is 11.8. The lowest BCUT2D eigenvalue weighted by Gasteiger charge is -2.26. The highest BCUT2D eigenvalue weighted by molar-refractivity contribution is 5.80. The molecule has 0 heterocycles. The van der Waals surface area contributed by atoms with E-state index in [-0.39, 0.29) is 5.97 Å². The first-order valence-electron chi connectivity index (χ1n) is 5.99. The van der Waals surface area contributed by atoms with E-state index >= 15 is 0 Å². The Morgan fingerprint density at radius 3 is 2.32 bits per heavy atom. The number of nitrogens with one attached hydrogen (secondary N) is 1. The van der Waals surface area contributed by atoms with E-state index in [0.717, 1.165) is 5.56 Å². The topological polar surface area (TPSA) is 56.8 Å². The summed E-state index contributed by atoms with van der Waals surface area (Å²) in [5, 5.41) is 3.00. The lowest BCUT2D eigenvalue weighted by atomic mass is 9.93. The summed E-state index contributed by atoms with van der Waals surface area (Å²) in [5.74, 6) is 1.00. The molecule has 0 aliphatic heterocycles. The maximum Gasteiger partial charge on any atom is 0.326 e. The number of esters is 1. The van der Waals surface area contributed by atoms with E-state index in [9.17, 15) is 4.79 Å². The number of hydrogen-bond acceptors (Lipinski definition) is 5. The Hall–Kier alpha value is -1.75. The first kappa shape index (κ1) is 15.3. The molecule has 1 unspecified atom stereocenters. The van der Waals surface area contributed by atoms with Gasteiger partial charge in [-0.2, -0.15) is 0 Å². The Bertz CT molecular complexity index is 447. The third kappa shape index (κ3) is 3.38. The monoisotopic (exact) mass is 267 g/mol. The van der Waals surface area contributed by atoms with Crippen molar-refractivity contribution in [1.29, 1.82) is 0 Å². The van der Waals surface area contributed by atoms with Crippen LogP contribution in [0.5, 0.6) is 11.5 Å². The average Bonchev–Trinajstić information content (AvgIpc) is 2.45. The normalized spacial score (nSPS) is 13.5. The van der Waals surface area contributed by atoms with Crippen molar-refractivity contribution in [3.63, 3.8) is 0 Å². The zero-order chi connectivity index (χ0) is 14.5. The van der Waals surface area contributed by atoms with Crippen LogP contribution in [0.25, 0.3) is 0 Å². The van der Waals surface area contributed by atoms with Crippen molar-refractivity contribution >= 4 is 5.97 Å². The second-order valence-electron chi connectivity index (χ2n) is 4.44. The summed E-state index contributed by atoms with van der Waals surface area (Å²) in [6, 6.07) is 5.58. The van der Waals surface area contributed by atoms with Gasteiger partial charge in [0.1, 0.15) is 5.54 Å². The van der Waals surface area contributed by atoms with Gasteiger partial charge in [-0.3, -0.25) is 4.79 Å². The molecule has 5 heteroatoms. The summed E-state index contributed by atoms with van der Waals surface area (Å²) in [7, 11) is 6.28. The second-order valence-corrected chi connectivity index (χ2v) is 4.44. The number of rotatable bonds is 6. The van der Waals surface area contributed by atoms with Gasteiger partial charge in [-0.15, -0.1) is 0 Å². The molecular weight excluding hydrogens is 246 g/mol. The van der Waals surface area contributed by atoms with E-state index < -0.39 is 5.54 Å². The van der Waals surface area contributed by atoms with Crippen molar-refractivity contribution in [2.75, 3.05) is 28.4 Å². The summed E-state index contributed by atoms with van der Waals surface area (Å²) >= 11 is 0. The number of carbonyl (C=O) groups excluding carboxylic acids is 1. The fraction of sp³-hybridized carbons (Fsp3) is 0.500. The highest BCUT2D eigenvalue weighted by Crippen LogP contribution is 2.29. The molecule has 0 aromatic heterocycles. The van der Waals surface area contributed by atoms with Crippen molar-refractivity contribution in [1.82, 2.24) is 5.32 Å². The number of carbonyl (C=O) groups is 1. The van der Waals surface area contributed by atoms with Gasteiger partial charge in [-0.25, -0.2) is 0 Å². The van der Waals surface area contributed by atoms with Gasteiger partial charge in [0.2, 0.25) is 0 Å². The van der Waals surface area contributed by atoms with Gasteiger partial charge in [0, 0.05) is 6.42 Å². The quantitative estimate of drug-likeness (QED) is 0.789. The van der Waals surface area contributed by atoms with Gasteiger partial charge in [0.15, 0.2) is 11.5 Å².